The number of carbonyl (C=O) groups excluding carboxylic acids is 1. The number of aromatic nitrogens is 2. The van der Waals surface area contributed by atoms with E-state index in [4.69, 9.17) is 9.15 Å². The number of morpholine rings is 1. The molecule has 3 rings (SSSR count). The molecule has 0 aliphatic carbocycles. The van der Waals surface area contributed by atoms with Crippen molar-refractivity contribution in [2.45, 2.75) is 13.0 Å². The highest BCUT2D eigenvalue weighted by Crippen LogP contribution is 2.24. The second-order valence-corrected chi connectivity index (χ2v) is 5.15. The Labute approximate surface area is 128 Å². The molecule has 1 atom stereocenters. The van der Waals surface area contributed by atoms with Crippen LogP contribution in [0.25, 0.3) is 0 Å². The van der Waals surface area contributed by atoms with Crippen molar-refractivity contribution in [3.8, 4) is 0 Å². The summed E-state index contributed by atoms with van der Waals surface area (Å²) in [7, 11) is 1.86. The Kier molecular flexibility index (Phi) is 4.06. The van der Waals surface area contributed by atoms with Gasteiger partial charge in [0.1, 0.15) is 6.10 Å². The molecular weight excluding hydrogens is 284 g/mol. The first kappa shape index (κ1) is 14.5. The van der Waals surface area contributed by atoms with Crippen LogP contribution in [0.1, 0.15) is 28.0 Å². The Bertz CT molecular complexity index is 657. The van der Waals surface area contributed by atoms with Gasteiger partial charge in [0.05, 0.1) is 25.0 Å². The van der Waals surface area contributed by atoms with E-state index in [1.54, 1.807) is 4.90 Å². The molecule has 2 aromatic rings. The van der Waals surface area contributed by atoms with Crippen molar-refractivity contribution in [2.24, 2.45) is 0 Å². The van der Waals surface area contributed by atoms with Crippen LogP contribution in [0.4, 0.5) is 5.69 Å². The Balaban J connectivity index is 1.78. The van der Waals surface area contributed by atoms with E-state index in [-0.39, 0.29) is 17.8 Å². The largest absolute Gasteiger partial charge is 0.438 e. The first-order valence-corrected chi connectivity index (χ1v) is 7.13. The number of nitrogens with one attached hydrogen (secondary N) is 1. The van der Waals surface area contributed by atoms with Gasteiger partial charge in [-0.25, -0.2) is 4.98 Å². The molecule has 3 heterocycles. The molecule has 1 saturated heterocycles. The van der Waals surface area contributed by atoms with Gasteiger partial charge in [0, 0.05) is 25.0 Å². The molecule has 116 valence electrons. The van der Waals surface area contributed by atoms with Crippen LogP contribution in [0.15, 0.2) is 29.1 Å². The van der Waals surface area contributed by atoms with Crippen molar-refractivity contribution in [1.82, 2.24) is 14.9 Å². The van der Waals surface area contributed by atoms with Gasteiger partial charge in [0.2, 0.25) is 5.76 Å². The van der Waals surface area contributed by atoms with Crippen molar-refractivity contribution in [3.63, 3.8) is 0 Å². The lowest BCUT2D eigenvalue weighted by atomic mass is 10.1. The van der Waals surface area contributed by atoms with Crippen molar-refractivity contribution in [3.05, 3.63) is 41.9 Å². The highest BCUT2D eigenvalue weighted by molar-refractivity contribution is 5.91. The Morgan fingerprint density at radius 1 is 1.45 bits per heavy atom. The van der Waals surface area contributed by atoms with Crippen LogP contribution in [0.3, 0.4) is 0 Å². The molecule has 7 heteroatoms. The second kappa shape index (κ2) is 6.15. The monoisotopic (exact) mass is 302 g/mol. The lowest BCUT2D eigenvalue weighted by Gasteiger charge is -2.32. The molecule has 1 fully saturated rings. The number of ether oxygens (including phenoxy) is 1. The van der Waals surface area contributed by atoms with Crippen LogP contribution in [0.5, 0.6) is 0 Å². The quantitative estimate of drug-likeness (QED) is 0.928. The van der Waals surface area contributed by atoms with Crippen LogP contribution >= 0.6 is 0 Å². The number of rotatable bonds is 3. The van der Waals surface area contributed by atoms with Crippen LogP contribution in [-0.4, -0.2) is 47.5 Å². The molecule has 1 amide bonds. The average molecular weight is 302 g/mol. The smallest absolute Gasteiger partial charge is 0.291 e. The van der Waals surface area contributed by atoms with Crippen LogP contribution in [-0.2, 0) is 4.74 Å². The molecule has 1 unspecified atom stereocenters. The summed E-state index contributed by atoms with van der Waals surface area (Å²) >= 11 is 0. The highest BCUT2D eigenvalue weighted by atomic mass is 16.5. The van der Waals surface area contributed by atoms with E-state index in [0.717, 1.165) is 17.1 Å². The summed E-state index contributed by atoms with van der Waals surface area (Å²) in [4.78, 5) is 22.3. The van der Waals surface area contributed by atoms with Gasteiger partial charge in [-0.05, 0) is 19.1 Å². The molecule has 0 saturated carbocycles. The SMILES string of the molecule is CNc1cc(C)nc(C2CN(C(=O)c3cnco3)CCO2)c1. The highest BCUT2D eigenvalue weighted by Gasteiger charge is 2.28. The summed E-state index contributed by atoms with van der Waals surface area (Å²) in [6.45, 7) is 3.37. The zero-order valence-corrected chi connectivity index (χ0v) is 12.6. The zero-order valence-electron chi connectivity index (χ0n) is 12.6. The van der Waals surface area contributed by atoms with Gasteiger partial charge in [-0.15, -0.1) is 0 Å². The minimum atomic E-state index is -0.243. The summed E-state index contributed by atoms with van der Waals surface area (Å²) in [5.74, 6) is 0.0704. The maximum atomic E-state index is 12.3. The molecule has 0 aromatic carbocycles. The molecule has 0 radical (unpaired) electrons. The van der Waals surface area contributed by atoms with Gasteiger partial charge >= 0.3 is 0 Å². The van der Waals surface area contributed by atoms with Gasteiger partial charge in [0.15, 0.2) is 6.39 Å². The molecule has 0 bridgehead atoms. The minimum absolute atomic E-state index is 0.174. The Morgan fingerprint density at radius 3 is 3.05 bits per heavy atom. The lowest BCUT2D eigenvalue weighted by Crippen LogP contribution is -2.42. The standard InChI is InChI=1S/C15H18N4O3/c1-10-5-11(16-2)6-12(18-10)14-8-19(3-4-21-14)15(20)13-7-17-9-22-13/h5-7,9,14H,3-4,8H2,1-2H3,(H,16,18). The van der Waals surface area contributed by atoms with Crippen LogP contribution < -0.4 is 5.32 Å². The maximum absolute atomic E-state index is 12.3. The fourth-order valence-corrected chi connectivity index (χ4v) is 2.49. The molecule has 7 nitrogen and oxygen atoms in total. The topological polar surface area (TPSA) is 80.5 Å². The fourth-order valence-electron chi connectivity index (χ4n) is 2.49. The van der Waals surface area contributed by atoms with Crippen molar-refractivity contribution in [1.29, 1.82) is 0 Å². The van der Waals surface area contributed by atoms with Gasteiger partial charge in [-0.3, -0.25) is 9.78 Å². The molecule has 1 aliphatic heterocycles. The number of hydrogen-bond donors (Lipinski definition) is 1. The van der Waals surface area contributed by atoms with Crippen molar-refractivity contribution in [2.75, 3.05) is 32.1 Å². The number of pyridine rings is 1. The summed E-state index contributed by atoms with van der Waals surface area (Å²) in [6, 6.07) is 3.91. The van der Waals surface area contributed by atoms with Gasteiger partial charge < -0.3 is 19.4 Å². The summed E-state index contributed by atoms with van der Waals surface area (Å²) in [5.41, 5.74) is 2.70. The third-order valence-electron chi connectivity index (χ3n) is 3.59. The number of anilines is 1. The molecular formula is C15H18N4O3. The van der Waals surface area contributed by atoms with Crippen LogP contribution in [0, 0.1) is 6.92 Å². The summed E-state index contributed by atoms with van der Waals surface area (Å²) in [6.07, 6.45) is 2.44. The predicted octanol–water partition coefficient (Wildman–Crippen LogP) is 1.63. The Morgan fingerprint density at radius 2 is 2.32 bits per heavy atom. The second-order valence-electron chi connectivity index (χ2n) is 5.15. The predicted molar refractivity (Wildman–Crippen MR) is 79.6 cm³/mol. The first-order valence-electron chi connectivity index (χ1n) is 7.13. The minimum Gasteiger partial charge on any atom is -0.438 e. The van der Waals surface area contributed by atoms with Crippen LogP contribution in [0.2, 0.25) is 0 Å². The van der Waals surface area contributed by atoms with E-state index in [9.17, 15) is 4.79 Å². The number of carbonyl (C=O) groups is 1. The summed E-state index contributed by atoms with van der Waals surface area (Å²) < 4.78 is 10.9. The van der Waals surface area contributed by atoms with E-state index in [1.165, 1.54) is 12.6 Å². The fraction of sp³-hybridized carbons (Fsp3) is 0.400. The molecule has 22 heavy (non-hydrogen) atoms. The van der Waals surface area contributed by atoms with Gasteiger partial charge in [0.25, 0.3) is 5.91 Å². The number of hydrogen-bond acceptors (Lipinski definition) is 6. The molecule has 1 aliphatic rings. The lowest BCUT2D eigenvalue weighted by molar-refractivity contribution is -0.0256. The van der Waals surface area contributed by atoms with E-state index < -0.39 is 0 Å². The van der Waals surface area contributed by atoms with E-state index in [0.29, 0.717) is 19.7 Å². The molecule has 1 N–H and O–H groups in total. The zero-order chi connectivity index (χ0) is 15.5. The maximum Gasteiger partial charge on any atom is 0.291 e. The van der Waals surface area contributed by atoms with E-state index >= 15 is 0 Å². The third kappa shape index (κ3) is 2.94. The van der Waals surface area contributed by atoms with E-state index in [2.05, 4.69) is 15.3 Å². The van der Waals surface area contributed by atoms with Crippen molar-refractivity contribution < 1.29 is 13.9 Å². The third-order valence-corrected chi connectivity index (χ3v) is 3.59. The molecule has 2 aromatic heterocycles. The van der Waals surface area contributed by atoms with Gasteiger partial charge in [-0.1, -0.05) is 0 Å². The molecule has 0 spiro atoms. The first-order chi connectivity index (χ1) is 10.7. The van der Waals surface area contributed by atoms with E-state index in [1.807, 2.05) is 26.1 Å². The number of amides is 1. The van der Waals surface area contributed by atoms with Gasteiger partial charge in [-0.2, -0.15) is 0 Å². The number of aryl methyl sites for hydroxylation is 1. The normalized spacial score (nSPS) is 18.3. The van der Waals surface area contributed by atoms with Crippen molar-refractivity contribution >= 4 is 11.6 Å². The Hall–Kier alpha value is -2.41. The number of oxazole rings is 1. The average Bonchev–Trinajstić information content (AvgIpc) is 3.08. The number of nitrogens with zero attached hydrogens (tertiary/aromatic N) is 3. The summed E-state index contributed by atoms with van der Waals surface area (Å²) in [5, 5.41) is 3.10.